The van der Waals surface area contributed by atoms with Gasteiger partial charge in [-0.2, -0.15) is 0 Å². The summed E-state index contributed by atoms with van der Waals surface area (Å²) in [6.07, 6.45) is 35.4. The molecule has 5 heteroatoms. The number of rotatable bonds is 34. The van der Waals surface area contributed by atoms with Crippen molar-refractivity contribution in [3.05, 3.63) is 23.7 Å². The molecule has 0 aliphatic rings. The lowest BCUT2D eigenvalue weighted by Gasteiger charge is -2.18. The zero-order valence-corrected chi connectivity index (χ0v) is 31.6. The summed E-state index contributed by atoms with van der Waals surface area (Å²) in [7, 11) is 0. The average Bonchev–Trinajstić information content (AvgIpc) is 3.58. The summed E-state index contributed by atoms with van der Waals surface area (Å²) >= 11 is 0. The lowest BCUT2D eigenvalue weighted by Crippen LogP contribution is -2.19. The Hall–Kier alpha value is -1.78. The number of hydrogen-bond acceptors (Lipinski definition) is 5. The second kappa shape index (κ2) is 31.5. The number of carbonyl (C=O) groups excluding carboxylic acids is 2. The lowest BCUT2D eigenvalue weighted by atomic mass is 10.0. The first-order valence-corrected chi connectivity index (χ1v) is 20.6. The fraction of sp³-hybridized carbons (Fsp3) is 0.857. The van der Waals surface area contributed by atoms with Gasteiger partial charge in [-0.15, -0.1) is 0 Å². The van der Waals surface area contributed by atoms with Crippen LogP contribution in [-0.4, -0.2) is 24.1 Å². The molecule has 0 radical (unpaired) electrons. The summed E-state index contributed by atoms with van der Waals surface area (Å²) < 4.78 is 17.7. The molecule has 0 bridgehead atoms. The molecule has 0 aliphatic heterocycles. The van der Waals surface area contributed by atoms with Crippen molar-refractivity contribution in [1.29, 1.82) is 0 Å². The van der Waals surface area contributed by atoms with Crippen LogP contribution in [0.3, 0.4) is 0 Å². The fourth-order valence-electron chi connectivity index (χ4n) is 6.46. The van der Waals surface area contributed by atoms with Crippen molar-refractivity contribution in [1.82, 2.24) is 0 Å². The standard InChI is InChI=1S/C42H76O5/c1-5-9-13-17-21-25-29-33-37(31-27-23-19-15-11-7-3)45-41(43)39-35-36-40(47-39)42(44)46-38(32-28-24-20-16-12-8-4)34-30-26-22-18-14-10-6-2/h35-38H,5-34H2,1-4H3. The summed E-state index contributed by atoms with van der Waals surface area (Å²) in [4.78, 5) is 26.3. The predicted molar refractivity (Wildman–Crippen MR) is 198 cm³/mol. The van der Waals surface area contributed by atoms with Crippen LogP contribution < -0.4 is 0 Å². The van der Waals surface area contributed by atoms with E-state index in [1.165, 1.54) is 141 Å². The molecular formula is C42H76O5. The highest BCUT2D eigenvalue weighted by molar-refractivity contribution is 5.91. The zero-order valence-electron chi connectivity index (χ0n) is 31.6. The third kappa shape index (κ3) is 24.1. The van der Waals surface area contributed by atoms with Crippen LogP contribution in [0.4, 0.5) is 0 Å². The molecule has 0 amide bonds. The highest BCUT2D eigenvalue weighted by atomic mass is 16.6. The van der Waals surface area contributed by atoms with Gasteiger partial charge >= 0.3 is 11.9 Å². The van der Waals surface area contributed by atoms with Crippen LogP contribution in [-0.2, 0) is 9.47 Å². The largest absolute Gasteiger partial charge is 0.457 e. The molecule has 1 aromatic heterocycles. The molecule has 274 valence electrons. The van der Waals surface area contributed by atoms with E-state index in [0.717, 1.165) is 51.4 Å². The molecule has 2 unspecified atom stereocenters. The molecule has 1 rings (SSSR count). The molecule has 0 saturated carbocycles. The van der Waals surface area contributed by atoms with Crippen molar-refractivity contribution >= 4 is 11.9 Å². The summed E-state index contributed by atoms with van der Waals surface area (Å²) in [5.41, 5.74) is 0. The van der Waals surface area contributed by atoms with Crippen molar-refractivity contribution in [3.63, 3.8) is 0 Å². The Balaban J connectivity index is 2.67. The molecule has 0 spiro atoms. The number of hydrogen-bond donors (Lipinski definition) is 0. The Kier molecular flexibility index (Phi) is 29.0. The van der Waals surface area contributed by atoms with Crippen molar-refractivity contribution in [2.24, 2.45) is 0 Å². The molecule has 5 nitrogen and oxygen atoms in total. The lowest BCUT2D eigenvalue weighted by molar-refractivity contribution is 0.0181. The van der Waals surface area contributed by atoms with E-state index in [4.69, 9.17) is 13.9 Å². The van der Waals surface area contributed by atoms with Gasteiger partial charge in [-0.1, -0.05) is 169 Å². The third-order valence-corrected chi connectivity index (χ3v) is 9.57. The normalized spacial score (nSPS) is 12.7. The van der Waals surface area contributed by atoms with Crippen LogP contribution in [0.25, 0.3) is 0 Å². The van der Waals surface area contributed by atoms with Gasteiger partial charge < -0.3 is 13.9 Å². The smallest absolute Gasteiger partial charge is 0.374 e. The Morgan fingerprint density at radius 2 is 0.660 bits per heavy atom. The monoisotopic (exact) mass is 661 g/mol. The number of ether oxygens (including phenoxy) is 2. The van der Waals surface area contributed by atoms with Crippen LogP contribution in [0, 0.1) is 0 Å². The minimum absolute atomic E-state index is 0.101. The van der Waals surface area contributed by atoms with Gasteiger partial charge in [0.15, 0.2) is 0 Å². The van der Waals surface area contributed by atoms with Crippen molar-refractivity contribution in [3.8, 4) is 0 Å². The van der Waals surface area contributed by atoms with Crippen molar-refractivity contribution in [2.75, 3.05) is 0 Å². The molecule has 0 saturated heterocycles. The first-order valence-electron chi connectivity index (χ1n) is 20.6. The second-order valence-corrected chi connectivity index (χ2v) is 14.2. The summed E-state index contributed by atoms with van der Waals surface area (Å²) in [5, 5.41) is 0. The molecule has 1 heterocycles. The van der Waals surface area contributed by atoms with Gasteiger partial charge in [0, 0.05) is 0 Å². The first-order chi connectivity index (χ1) is 23.0. The van der Waals surface area contributed by atoms with Crippen LogP contribution in [0.5, 0.6) is 0 Å². The Labute approximate surface area is 291 Å². The van der Waals surface area contributed by atoms with Gasteiger partial charge in [-0.25, -0.2) is 9.59 Å². The quantitative estimate of drug-likeness (QED) is 0.0543. The fourth-order valence-corrected chi connectivity index (χ4v) is 6.46. The second-order valence-electron chi connectivity index (χ2n) is 14.2. The molecule has 0 aromatic carbocycles. The highest BCUT2D eigenvalue weighted by Gasteiger charge is 2.23. The van der Waals surface area contributed by atoms with Gasteiger partial charge in [0.25, 0.3) is 0 Å². The van der Waals surface area contributed by atoms with E-state index in [-0.39, 0.29) is 23.7 Å². The Bertz CT molecular complexity index is 779. The minimum atomic E-state index is -0.463. The highest BCUT2D eigenvalue weighted by Crippen LogP contribution is 2.22. The zero-order chi connectivity index (χ0) is 34.2. The van der Waals surface area contributed by atoms with Gasteiger partial charge in [-0.05, 0) is 63.5 Å². The van der Waals surface area contributed by atoms with Gasteiger partial charge in [0.1, 0.15) is 12.2 Å². The predicted octanol–water partition coefficient (Wildman–Crippen LogP) is 14.1. The maximum absolute atomic E-state index is 13.1. The Morgan fingerprint density at radius 3 is 0.915 bits per heavy atom. The van der Waals surface area contributed by atoms with E-state index in [9.17, 15) is 9.59 Å². The molecule has 1 aromatic rings. The molecule has 0 fully saturated rings. The van der Waals surface area contributed by atoms with E-state index < -0.39 is 11.9 Å². The van der Waals surface area contributed by atoms with Crippen LogP contribution >= 0.6 is 0 Å². The SMILES string of the molecule is CCCCCCCCCC(CCCCCCCC)OC(=O)c1ccc(C(=O)OC(CCCCCCCC)CCCCCCCCC)o1. The summed E-state index contributed by atoms with van der Waals surface area (Å²) in [5.74, 6) is -0.725. The summed E-state index contributed by atoms with van der Waals surface area (Å²) in [6, 6.07) is 3.15. The van der Waals surface area contributed by atoms with Gasteiger partial charge in [0.05, 0.1) is 0 Å². The van der Waals surface area contributed by atoms with E-state index in [1.54, 1.807) is 12.1 Å². The molecule has 0 N–H and O–H groups in total. The third-order valence-electron chi connectivity index (χ3n) is 9.57. The van der Waals surface area contributed by atoms with Crippen LogP contribution in [0.2, 0.25) is 0 Å². The number of esters is 2. The van der Waals surface area contributed by atoms with E-state index >= 15 is 0 Å². The topological polar surface area (TPSA) is 65.7 Å². The maximum atomic E-state index is 13.1. The molecular weight excluding hydrogens is 584 g/mol. The van der Waals surface area contributed by atoms with E-state index in [1.807, 2.05) is 0 Å². The minimum Gasteiger partial charge on any atom is -0.457 e. The van der Waals surface area contributed by atoms with E-state index in [0.29, 0.717) is 0 Å². The van der Waals surface area contributed by atoms with Crippen LogP contribution in [0.15, 0.2) is 16.5 Å². The number of unbranched alkanes of at least 4 members (excludes halogenated alkanes) is 22. The molecule has 2 atom stereocenters. The van der Waals surface area contributed by atoms with Crippen molar-refractivity contribution in [2.45, 2.75) is 233 Å². The molecule has 47 heavy (non-hydrogen) atoms. The first kappa shape index (κ1) is 43.2. The number of carbonyl (C=O) groups is 2. The van der Waals surface area contributed by atoms with Gasteiger partial charge in [0.2, 0.25) is 11.5 Å². The average molecular weight is 661 g/mol. The van der Waals surface area contributed by atoms with E-state index in [2.05, 4.69) is 27.7 Å². The van der Waals surface area contributed by atoms with Gasteiger partial charge in [-0.3, -0.25) is 0 Å². The number of furan rings is 1. The van der Waals surface area contributed by atoms with Crippen molar-refractivity contribution < 1.29 is 23.5 Å². The summed E-state index contributed by atoms with van der Waals surface area (Å²) in [6.45, 7) is 8.98. The molecule has 0 aliphatic carbocycles. The maximum Gasteiger partial charge on any atom is 0.374 e. The Morgan fingerprint density at radius 1 is 0.426 bits per heavy atom. The van der Waals surface area contributed by atoms with Crippen LogP contribution in [0.1, 0.15) is 241 Å².